The van der Waals surface area contributed by atoms with E-state index in [1.54, 1.807) is 10.9 Å². The van der Waals surface area contributed by atoms with E-state index in [2.05, 4.69) is 40.1 Å². The first-order valence-electron chi connectivity index (χ1n) is 11.2. The number of hydrogen-bond acceptors (Lipinski definition) is 4. The summed E-state index contributed by atoms with van der Waals surface area (Å²) in [4.78, 5) is 18.0. The summed E-state index contributed by atoms with van der Waals surface area (Å²) in [6, 6.07) is 13.6. The van der Waals surface area contributed by atoms with Gasteiger partial charge in [-0.25, -0.2) is 4.68 Å². The van der Waals surface area contributed by atoms with Crippen molar-refractivity contribution in [3.63, 3.8) is 0 Å². The second-order valence-electron chi connectivity index (χ2n) is 8.13. The van der Waals surface area contributed by atoms with Gasteiger partial charge in [0.15, 0.2) is 0 Å². The first kappa shape index (κ1) is 22.4. The minimum atomic E-state index is -0.154. The number of aryl methyl sites for hydroxylation is 1. The fourth-order valence-corrected chi connectivity index (χ4v) is 4.51. The predicted octanol–water partition coefficient (Wildman–Crippen LogP) is 4.79. The van der Waals surface area contributed by atoms with E-state index in [1.165, 1.54) is 5.69 Å². The molecule has 1 aliphatic heterocycles. The van der Waals surface area contributed by atoms with Gasteiger partial charge in [0, 0.05) is 42.6 Å². The Balaban J connectivity index is 1.50. The number of nitrogens with zero attached hydrogens (tertiary/aromatic N) is 4. The van der Waals surface area contributed by atoms with Crippen LogP contribution in [-0.2, 0) is 6.42 Å². The van der Waals surface area contributed by atoms with Gasteiger partial charge in [-0.15, -0.1) is 0 Å². The van der Waals surface area contributed by atoms with Crippen LogP contribution >= 0.6 is 11.6 Å². The molecule has 2 aromatic carbocycles. The summed E-state index contributed by atoms with van der Waals surface area (Å²) >= 11 is 6.14. The third-order valence-corrected chi connectivity index (χ3v) is 6.35. The second-order valence-corrected chi connectivity index (χ2v) is 8.56. The largest absolute Gasteiger partial charge is 0.369 e. The van der Waals surface area contributed by atoms with Gasteiger partial charge in [-0.2, -0.15) is 5.10 Å². The molecule has 1 N–H and O–H groups in total. The molecule has 1 aliphatic rings. The highest BCUT2D eigenvalue weighted by Crippen LogP contribution is 2.26. The molecule has 6 nitrogen and oxygen atoms in total. The smallest absolute Gasteiger partial charge is 0.259 e. The van der Waals surface area contributed by atoms with Crippen LogP contribution in [0.25, 0.3) is 5.69 Å². The highest BCUT2D eigenvalue weighted by Gasteiger charge is 2.20. The standard InChI is InChI=1S/C25H30ClN5O/c1-4-23-22(17-27-31(23)21-8-6-7-19(26)16-21)25(32)28-20-9-10-24(18(3)15-20)30-13-11-29(5-2)12-14-30/h6-10,15-17H,4-5,11-14H2,1-3H3,(H,28,32). The van der Waals surface area contributed by atoms with Crippen LogP contribution in [0.2, 0.25) is 5.02 Å². The van der Waals surface area contributed by atoms with E-state index in [9.17, 15) is 4.79 Å². The average Bonchev–Trinajstić information content (AvgIpc) is 3.24. The zero-order valence-corrected chi connectivity index (χ0v) is 19.7. The first-order chi connectivity index (χ1) is 15.5. The van der Waals surface area contributed by atoms with Crippen molar-refractivity contribution >= 4 is 28.9 Å². The lowest BCUT2D eigenvalue weighted by Crippen LogP contribution is -2.46. The van der Waals surface area contributed by atoms with Crippen molar-refractivity contribution in [3.8, 4) is 5.69 Å². The molecule has 1 amide bonds. The van der Waals surface area contributed by atoms with E-state index in [1.807, 2.05) is 43.3 Å². The Morgan fingerprint density at radius 1 is 1.09 bits per heavy atom. The highest BCUT2D eigenvalue weighted by atomic mass is 35.5. The van der Waals surface area contributed by atoms with E-state index >= 15 is 0 Å². The zero-order valence-electron chi connectivity index (χ0n) is 18.9. The number of benzene rings is 2. The summed E-state index contributed by atoms with van der Waals surface area (Å²) in [5, 5.41) is 8.14. The van der Waals surface area contributed by atoms with Crippen LogP contribution < -0.4 is 10.2 Å². The van der Waals surface area contributed by atoms with Crippen molar-refractivity contribution in [1.82, 2.24) is 14.7 Å². The third-order valence-electron chi connectivity index (χ3n) is 6.12. The molecular weight excluding hydrogens is 422 g/mol. The lowest BCUT2D eigenvalue weighted by Gasteiger charge is -2.36. The van der Waals surface area contributed by atoms with Gasteiger partial charge in [0.05, 0.1) is 23.1 Å². The summed E-state index contributed by atoms with van der Waals surface area (Å²) in [5.74, 6) is -0.154. The third kappa shape index (κ3) is 4.66. The zero-order chi connectivity index (χ0) is 22.7. The summed E-state index contributed by atoms with van der Waals surface area (Å²) in [7, 11) is 0. The Bertz CT molecular complexity index is 1100. The molecule has 0 bridgehead atoms. The molecule has 2 heterocycles. The molecule has 0 saturated carbocycles. The lowest BCUT2D eigenvalue weighted by molar-refractivity contribution is 0.102. The molecule has 0 spiro atoms. The number of nitrogens with one attached hydrogen (secondary N) is 1. The van der Waals surface area contributed by atoms with Crippen molar-refractivity contribution in [3.05, 3.63) is 70.5 Å². The summed E-state index contributed by atoms with van der Waals surface area (Å²) in [5.41, 5.74) is 5.47. The van der Waals surface area contributed by atoms with Gasteiger partial charge >= 0.3 is 0 Å². The predicted molar refractivity (Wildman–Crippen MR) is 131 cm³/mol. The number of piperazine rings is 1. The van der Waals surface area contributed by atoms with E-state index in [-0.39, 0.29) is 5.91 Å². The summed E-state index contributed by atoms with van der Waals surface area (Å²) in [6.45, 7) is 11.7. The van der Waals surface area contributed by atoms with Gasteiger partial charge < -0.3 is 15.1 Å². The van der Waals surface area contributed by atoms with Crippen molar-refractivity contribution in [2.45, 2.75) is 27.2 Å². The molecule has 0 unspecified atom stereocenters. The van der Waals surface area contributed by atoms with Crippen LogP contribution in [-0.4, -0.2) is 53.3 Å². The molecule has 0 atom stereocenters. The summed E-state index contributed by atoms with van der Waals surface area (Å²) in [6.07, 6.45) is 2.31. The molecule has 1 saturated heterocycles. The molecule has 168 valence electrons. The molecule has 32 heavy (non-hydrogen) atoms. The van der Waals surface area contributed by atoms with Gasteiger partial charge in [0.2, 0.25) is 0 Å². The minimum Gasteiger partial charge on any atom is -0.369 e. The Morgan fingerprint density at radius 2 is 1.88 bits per heavy atom. The van der Waals surface area contributed by atoms with E-state index in [4.69, 9.17) is 11.6 Å². The van der Waals surface area contributed by atoms with Gasteiger partial charge in [0.25, 0.3) is 5.91 Å². The maximum Gasteiger partial charge on any atom is 0.259 e. The molecule has 4 rings (SSSR count). The Labute approximate surface area is 194 Å². The van der Waals surface area contributed by atoms with Crippen molar-refractivity contribution in [2.24, 2.45) is 0 Å². The van der Waals surface area contributed by atoms with Gasteiger partial charge in [-0.1, -0.05) is 31.5 Å². The van der Waals surface area contributed by atoms with E-state index < -0.39 is 0 Å². The fourth-order valence-electron chi connectivity index (χ4n) is 4.33. The van der Waals surface area contributed by atoms with Crippen LogP contribution in [0.1, 0.15) is 35.5 Å². The highest BCUT2D eigenvalue weighted by molar-refractivity contribution is 6.30. The minimum absolute atomic E-state index is 0.154. The van der Waals surface area contributed by atoms with Crippen molar-refractivity contribution < 1.29 is 4.79 Å². The Kier molecular flexibility index (Phi) is 6.82. The molecule has 0 aliphatic carbocycles. The van der Waals surface area contributed by atoms with Crippen LogP contribution in [0.15, 0.2) is 48.7 Å². The quantitative estimate of drug-likeness (QED) is 0.585. The number of carbonyl (C=O) groups excluding carboxylic acids is 1. The molecule has 0 radical (unpaired) electrons. The first-order valence-corrected chi connectivity index (χ1v) is 11.6. The SMILES string of the molecule is CCc1c(C(=O)Nc2ccc(N3CCN(CC)CC3)c(C)c2)cnn1-c1cccc(Cl)c1. The monoisotopic (exact) mass is 451 g/mol. The number of aromatic nitrogens is 2. The number of likely N-dealkylation sites (N-methyl/N-ethyl adjacent to an activating group) is 1. The van der Waals surface area contributed by atoms with Gasteiger partial charge in [-0.05, 0) is 61.9 Å². The molecule has 7 heteroatoms. The summed E-state index contributed by atoms with van der Waals surface area (Å²) < 4.78 is 1.78. The maximum absolute atomic E-state index is 13.1. The number of hydrogen-bond donors (Lipinski definition) is 1. The maximum atomic E-state index is 13.1. The van der Waals surface area contributed by atoms with Crippen LogP contribution in [0, 0.1) is 6.92 Å². The number of rotatable bonds is 6. The number of carbonyl (C=O) groups is 1. The Hall–Kier alpha value is -2.83. The van der Waals surface area contributed by atoms with Gasteiger partial charge in [0.1, 0.15) is 0 Å². The normalized spacial score (nSPS) is 14.6. The lowest BCUT2D eigenvalue weighted by atomic mass is 10.1. The van der Waals surface area contributed by atoms with Crippen LogP contribution in [0.4, 0.5) is 11.4 Å². The van der Waals surface area contributed by atoms with Crippen molar-refractivity contribution in [2.75, 3.05) is 42.9 Å². The van der Waals surface area contributed by atoms with Crippen molar-refractivity contribution in [1.29, 1.82) is 0 Å². The van der Waals surface area contributed by atoms with Crippen LogP contribution in [0.3, 0.4) is 0 Å². The number of halogens is 1. The van der Waals surface area contributed by atoms with Crippen LogP contribution in [0.5, 0.6) is 0 Å². The molecular formula is C25H30ClN5O. The second kappa shape index (κ2) is 9.76. The fraction of sp³-hybridized carbons (Fsp3) is 0.360. The molecule has 1 aromatic heterocycles. The topological polar surface area (TPSA) is 53.4 Å². The van der Waals surface area contributed by atoms with E-state index in [0.717, 1.165) is 55.4 Å². The van der Waals surface area contributed by atoms with E-state index in [0.29, 0.717) is 17.0 Å². The number of anilines is 2. The molecule has 3 aromatic rings. The average molecular weight is 452 g/mol. The number of amides is 1. The Morgan fingerprint density at radius 3 is 2.53 bits per heavy atom. The molecule has 1 fully saturated rings. The van der Waals surface area contributed by atoms with Gasteiger partial charge in [-0.3, -0.25) is 4.79 Å².